The summed E-state index contributed by atoms with van der Waals surface area (Å²) in [5.41, 5.74) is 0.296. The quantitative estimate of drug-likeness (QED) is 0.357. The minimum Gasteiger partial charge on any atom is -0.496 e. The molecule has 0 aliphatic carbocycles. The van der Waals surface area contributed by atoms with E-state index in [0.717, 1.165) is 0 Å². The van der Waals surface area contributed by atoms with Gasteiger partial charge in [0.05, 0.1) is 33.7 Å². The van der Waals surface area contributed by atoms with Gasteiger partial charge in [-0.25, -0.2) is 0 Å². The Hall–Kier alpha value is -3.70. The third-order valence-corrected chi connectivity index (χ3v) is 5.49. The first-order valence-electron chi connectivity index (χ1n) is 9.50. The van der Waals surface area contributed by atoms with Gasteiger partial charge in [-0.2, -0.15) is 0 Å². The van der Waals surface area contributed by atoms with Crippen molar-refractivity contribution >= 4 is 25.3 Å². The van der Waals surface area contributed by atoms with Crippen LogP contribution in [0.25, 0.3) is 0 Å². The van der Waals surface area contributed by atoms with Gasteiger partial charge in [-0.15, -0.1) is 0 Å². The van der Waals surface area contributed by atoms with Crippen LogP contribution in [-0.4, -0.2) is 40.0 Å². The average Bonchev–Trinajstić information content (AvgIpc) is 2.85. The molecule has 0 aromatic heterocycles. The molecule has 3 aromatic carbocycles. The van der Waals surface area contributed by atoms with Crippen LogP contribution >= 0.6 is 8.46 Å². The van der Waals surface area contributed by atoms with Crippen LogP contribution in [0.15, 0.2) is 54.6 Å². The lowest BCUT2D eigenvalue weighted by Crippen LogP contribution is -2.20. The number of hydrogen-bond donors (Lipinski definition) is 0. The van der Waals surface area contributed by atoms with Crippen molar-refractivity contribution in [3.8, 4) is 23.0 Å². The molecule has 8 heteroatoms. The van der Waals surface area contributed by atoms with Crippen LogP contribution in [0, 0.1) is 0 Å². The first-order valence-corrected chi connectivity index (χ1v) is 10.3. The molecule has 3 aromatic rings. The SMILES string of the molecule is COc1cccc(OC)c1C(=O)c1cccc(P=O)c1C(=O)c1c(OC)cccc1OC. The summed E-state index contributed by atoms with van der Waals surface area (Å²) in [6.07, 6.45) is 0. The van der Waals surface area contributed by atoms with Crippen molar-refractivity contribution < 1.29 is 33.1 Å². The molecule has 7 nitrogen and oxygen atoms in total. The second-order valence-corrected chi connectivity index (χ2v) is 7.19. The average molecular weight is 452 g/mol. The maximum absolute atomic E-state index is 13.7. The van der Waals surface area contributed by atoms with Gasteiger partial charge in [0, 0.05) is 11.1 Å². The maximum Gasteiger partial charge on any atom is 0.202 e. The fourth-order valence-corrected chi connectivity index (χ4v) is 3.91. The van der Waals surface area contributed by atoms with E-state index in [1.807, 2.05) is 0 Å². The summed E-state index contributed by atoms with van der Waals surface area (Å²) in [6, 6.07) is 14.4. The molecule has 0 saturated heterocycles. The standard InChI is InChI=1S/C24H21O7P/c1-28-15-9-6-10-16(29-2)21(15)23(25)14-8-5-13-19(32-27)20(14)24(26)22-17(30-3)11-7-12-18(22)31-4/h5-13H,1-4H3. The minimum atomic E-state index is -0.560. The Kier molecular flexibility index (Phi) is 7.23. The molecule has 0 aliphatic heterocycles. The van der Waals surface area contributed by atoms with E-state index in [9.17, 15) is 14.2 Å². The Balaban J connectivity index is 2.30. The molecule has 0 aliphatic rings. The summed E-state index contributed by atoms with van der Waals surface area (Å²) >= 11 is 0. The van der Waals surface area contributed by atoms with Crippen LogP contribution in [0.3, 0.4) is 0 Å². The molecule has 3 rings (SSSR count). The van der Waals surface area contributed by atoms with Gasteiger partial charge >= 0.3 is 0 Å². The lowest BCUT2D eigenvalue weighted by Gasteiger charge is -2.16. The summed E-state index contributed by atoms with van der Waals surface area (Å²) in [5.74, 6) is 0.0258. The molecule has 0 amide bonds. The molecule has 0 atom stereocenters. The highest BCUT2D eigenvalue weighted by molar-refractivity contribution is 7.34. The highest BCUT2D eigenvalue weighted by atomic mass is 31.1. The molecule has 0 radical (unpaired) electrons. The van der Waals surface area contributed by atoms with E-state index in [2.05, 4.69) is 0 Å². The van der Waals surface area contributed by atoms with E-state index < -0.39 is 20.0 Å². The van der Waals surface area contributed by atoms with E-state index in [0.29, 0.717) is 0 Å². The van der Waals surface area contributed by atoms with Crippen molar-refractivity contribution in [3.05, 3.63) is 76.9 Å². The first kappa shape index (κ1) is 23.0. The topological polar surface area (TPSA) is 88.1 Å². The van der Waals surface area contributed by atoms with Crippen LogP contribution in [0.2, 0.25) is 0 Å². The largest absolute Gasteiger partial charge is 0.496 e. The summed E-state index contributed by atoms with van der Waals surface area (Å²) in [6.45, 7) is 0. The summed E-state index contributed by atoms with van der Waals surface area (Å²) in [7, 11) is 5.30. The number of rotatable bonds is 9. The van der Waals surface area contributed by atoms with Gasteiger partial charge in [0.2, 0.25) is 11.6 Å². The Labute approximate surface area is 187 Å². The summed E-state index contributed by atoms with van der Waals surface area (Å²) in [4.78, 5) is 27.4. The van der Waals surface area contributed by atoms with E-state index in [4.69, 9.17) is 18.9 Å². The van der Waals surface area contributed by atoms with Crippen molar-refractivity contribution in [2.24, 2.45) is 0 Å². The van der Waals surface area contributed by atoms with Crippen LogP contribution in [0.4, 0.5) is 0 Å². The molecule has 0 N–H and O–H groups in total. The van der Waals surface area contributed by atoms with E-state index in [1.165, 1.54) is 40.6 Å². The number of ketones is 2. The Morgan fingerprint density at radius 2 is 1.00 bits per heavy atom. The number of methoxy groups -OCH3 is 4. The van der Waals surface area contributed by atoms with Gasteiger partial charge in [-0.05, 0) is 30.3 Å². The monoisotopic (exact) mass is 452 g/mol. The second kappa shape index (κ2) is 10.1. The van der Waals surface area contributed by atoms with Gasteiger partial charge in [0.25, 0.3) is 0 Å². The van der Waals surface area contributed by atoms with Crippen molar-refractivity contribution in [2.75, 3.05) is 28.4 Å². The Morgan fingerprint density at radius 3 is 1.41 bits per heavy atom. The van der Waals surface area contributed by atoms with E-state index in [1.54, 1.807) is 42.5 Å². The number of carbonyl (C=O) groups is 2. The van der Waals surface area contributed by atoms with E-state index in [-0.39, 0.29) is 50.6 Å². The molecular weight excluding hydrogens is 431 g/mol. The molecule has 0 bridgehead atoms. The maximum atomic E-state index is 13.7. The van der Waals surface area contributed by atoms with Gasteiger partial charge in [0.15, 0.2) is 8.46 Å². The van der Waals surface area contributed by atoms with Crippen LogP contribution < -0.4 is 24.3 Å². The number of benzene rings is 3. The van der Waals surface area contributed by atoms with Gasteiger partial charge in [-0.1, -0.05) is 24.3 Å². The Bertz CT molecular complexity index is 1140. The molecule has 0 heterocycles. The Morgan fingerprint density at radius 1 is 0.594 bits per heavy atom. The van der Waals surface area contributed by atoms with E-state index >= 15 is 0 Å². The predicted octanol–water partition coefficient (Wildman–Crippen LogP) is 4.10. The summed E-state index contributed by atoms with van der Waals surface area (Å²) < 4.78 is 33.4. The molecule has 0 saturated carbocycles. The number of carbonyl (C=O) groups excluding carboxylic acids is 2. The third-order valence-electron chi connectivity index (χ3n) is 4.92. The van der Waals surface area contributed by atoms with Gasteiger partial charge < -0.3 is 18.9 Å². The first-order chi connectivity index (χ1) is 15.5. The molecular formula is C24H21O7P. The second-order valence-electron chi connectivity index (χ2n) is 6.52. The zero-order chi connectivity index (χ0) is 23.3. The minimum absolute atomic E-state index is 0.0232. The highest BCUT2D eigenvalue weighted by Crippen LogP contribution is 2.35. The predicted molar refractivity (Wildman–Crippen MR) is 120 cm³/mol. The van der Waals surface area contributed by atoms with Crippen molar-refractivity contribution in [2.45, 2.75) is 0 Å². The van der Waals surface area contributed by atoms with Crippen LogP contribution in [0.1, 0.15) is 31.8 Å². The summed E-state index contributed by atoms with van der Waals surface area (Å²) in [5, 5.41) is 0.155. The normalized spacial score (nSPS) is 10.5. The third kappa shape index (κ3) is 4.07. The van der Waals surface area contributed by atoms with Crippen LogP contribution in [-0.2, 0) is 4.57 Å². The molecule has 0 fully saturated rings. The lowest BCUT2D eigenvalue weighted by atomic mass is 9.91. The molecule has 32 heavy (non-hydrogen) atoms. The molecule has 164 valence electrons. The van der Waals surface area contributed by atoms with Crippen LogP contribution in [0.5, 0.6) is 23.0 Å². The highest BCUT2D eigenvalue weighted by Gasteiger charge is 2.30. The lowest BCUT2D eigenvalue weighted by molar-refractivity contribution is 0.0997. The van der Waals surface area contributed by atoms with Crippen molar-refractivity contribution in [1.82, 2.24) is 0 Å². The number of ether oxygens (including phenoxy) is 4. The molecule has 0 unspecified atom stereocenters. The fourth-order valence-electron chi connectivity index (χ4n) is 3.45. The number of hydrogen-bond acceptors (Lipinski definition) is 7. The van der Waals surface area contributed by atoms with Gasteiger partial charge in [0.1, 0.15) is 34.1 Å². The fraction of sp³-hybridized carbons (Fsp3) is 0.167. The zero-order valence-electron chi connectivity index (χ0n) is 18.0. The smallest absolute Gasteiger partial charge is 0.202 e. The van der Waals surface area contributed by atoms with Crippen molar-refractivity contribution in [3.63, 3.8) is 0 Å². The molecule has 0 spiro atoms. The van der Waals surface area contributed by atoms with Gasteiger partial charge in [-0.3, -0.25) is 14.2 Å². The van der Waals surface area contributed by atoms with Crippen molar-refractivity contribution in [1.29, 1.82) is 0 Å². The zero-order valence-corrected chi connectivity index (χ0v) is 18.9.